The molecule has 1 saturated heterocycles. The summed E-state index contributed by atoms with van der Waals surface area (Å²) in [7, 11) is 0. The zero-order chi connectivity index (χ0) is 19.7. The highest BCUT2D eigenvalue weighted by Crippen LogP contribution is 2.36. The number of halogens is 2. The Morgan fingerprint density at radius 1 is 1.07 bits per heavy atom. The fourth-order valence-corrected chi connectivity index (χ4v) is 4.67. The Labute approximate surface area is 164 Å². The van der Waals surface area contributed by atoms with Crippen LogP contribution in [0.1, 0.15) is 43.4 Å². The molecule has 2 aromatic rings. The number of nitrogens with one attached hydrogen (secondary N) is 1. The van der Waals surface area contributed by atoms with E-state index in [9.17, 15) is 13.6 Å². The highest BCUT2D eigenvalue weighted by atomic mass is 19.1. The number of benzene rings is 1. The van der Waals surface area contributed by atoms with E-state index in [4.69, 9.17) is 0 Å². The minimum atomic E-state index is -0.540. The van der Waals surface area contributed by atoms with E-state index in [1.807, 2.05) is 17.9 Å². The third-order valence-electron chi connectivity index (χ3n) is 6.32. The van der Waals surface area contributed by atoms with Gasteiger partial charge >= 0.3 is 0 Å². The molecule has 4 nitrogen and oxygen atoms in total. The van der Waals surface area contributed by atoms with E-state index in [0.717, 1.165) is 69.2 Å². The normalized spacial score (nSPS) is 23.3. The molecule has 1 saturated carbocycles. The zero-order valence-electron chi connectivity index (χ0n) is 16.3. The molecule has 0 radical (unpaired) electrons. The third-order valence-corrected chi connectivity index (χ3v) is 6.32. The van der Waals surface area contributed by atoms with Crippen molar-refractivity contribution in [3.8, 4) is 0 Å². The number of anilines is 1. The molecule has 150 valence electrons. The van der Waals surface area contributed by atoms with Gasteiger partial charge in [-0.3, -0.25) is 9.69 Å². The van der Waals surface area contributed by atoms with Crippen LogP contribution in [-0.2, 0) is 6.42 Å². The summed E-state index contributed by atoms with van der Waals surface area (Å²) in [5.74, 6) is -0.632. The number of hydrogen-bond donors (Lipinski definition) is 1. The molecule has 0 amide bonds. The monoisotopic (exact) mass is 387 g/mol. The zero-order valence-corrected chi connectivity index (χ0v) is 16.3. The number of H-pyrrole nitrogens is 1. The van der Waals surface area contributed by atoms with Gasteiger partial charge in [-0.05, 0) is 43.9 Å². The van der Waals surface area contributed by atoms with Crippen molar-refractivity contribution in [3.63, 3.8) is 0 Å². The van der Waals surface area contributed by atoms with Gasteiger partial charge in [-0.2, -0.15) is 0 Å². The molecule has 28 heavy (non-hydrogen) atoms. The van der Waals surface area contributed by atoms with Gasteiger partial charge in [0, 0.05) is 55.5 Å². The number of nitrogens with zero attached hydrogens (tertiary/aromatic N) is 2. The summed E-state index contributed by atoms with van der Waals surface area (Å²) < 4.78 is 27.2. The molecule has 6 heteroatoms. The van der Waals surface area contributed by atoms with Gasteiger partial charge in [0.25, 0.3) is 5.56 Å². The maximum atomic E-state index is 14.0. The highest BCUT2D eigenvalue weighted by molar-refractivity contribution is 5.48. The lowest BCUT2D eigenvalue weighted by molar-refractivity contribution is 0.186. The summed E-state index contributed by atoms with van der Waals surface area (Å²) >= 11 is 0. The van der Waals surface area contributed by atoms with Crippen LogP contribution in [0.25, 0.3) is 0 Å². The lowest BCUT2D eigenvalue weighted by atomic mass is 10.0. The topological polar surface area (TPSA) is 39.3 Å². The molecule has 0 bridgehead atoms. The fourth-order valence-electron chi connectivity index (χ4n) is 4.67. The van der Waals surface area contributed by atoms with E-state index in [-0.39, 0.29) is 5.56 Å². The van der Waals surface area contributed by atoms with Crippen molar-refractivity contribution in [2.75, 3.05) is 31.1 Å². The Morgan fingerprint density at radius 2 is 1.86 bits per heavy atom. The van der Waals surface area contributed by atoms with Gasteiger partial charge < -0.3 is 9.88 Å². The molecule has 1 aromatic carbocycles. The summed E-state index contributed by atoms with van der Waals surface area (Å²) in [4.78, 5) is 19.7. The summed E-state index contributed by atoms with van der Waals surface area (Å²) in [6.45, 7) is 5.23. The predicted octanol–water partition coefficient (Wildman–Crippen LogP) is 3.67. The van der Waals surface area contributed by atoms with Crippen molar-refractivity contribution in [2.24, 2.45) is 0 Å². The average Bonchev–Trinajstić information content (AvgIpc) is 3.18. The van der Waals surface area contributed by atoms with Gasteiger partial charge in [-0.15, -0.1) is 0 Å². The van der Waals surface area contributed by atoms with Gasteiger partial charge in [0.05, 0.1) is 5.69 Å². The molecule has 1 N–H and O–H groups in total. The van der Waals surface area contributed by atoms with Gasteiger partial charge in [-0.1, -0.05) is 13.0 Å². The number of rotatable bonds is 4. The molecule has 1 aromatic heterocycles. The molecule has 1 aliphatic carbocycles. The second-order valence-corrected chi connectivity index (χ2v) is 7.90. The van der Waals surface area contributed by atoms with Crippen LogP contribution >= 0.6 is 0 Å². The van der Waals surface area contributed by atoms with Crippen molar-refractivity contribution in [3.05, 3.63) is 63.6 Å². The molecule has 2 fully saturated rings. The number of hydrogen-bond acceptors (Lipinski definition) is 3. The molecule has 4 rings (SSSR count). The van der Waals surface area contributed by atoms with Gasteiger partial charge in [-0.25, -0.2) is 8.78 Å². The number of aromatic amines is 1. The number of aromatic nitrogens is 1. The Bertz CT molecular complexity index is 890. The second-order valence-electron chi connectivity index (χ2n) is 7.90. The first-order valence-corrected chi connectivity index (χ1v) is 10.2. The third kappa shape index (κ3) is 3.83. The van der Waals surface area contributed by atoms with E-state index in [1.54, 1.807) is 0 Å². The van der Waals surface area contributed by atoms with Crippen molar-refractivity contribution < 1.29 is 8.78 Å². The van der Waals surface area contributed by atoms with Crippen LogP contribution in [0, 0.1) is 11.6 Å². The molecule has 2 heterocycles. The Balaban J connectivity index is 1.36. The molecular formula is C22H27F2N3O. The second kappa shape index (κ2) is 8.03. The number of piperazine rings is 1. The molecule has 0 unspecified atom stereocenters. The molecule has 0 spiro atoms. The van der Waals surface area contributed by atoms with Crippen molar-refractivity contribution >= 4 is 5.69 Å². The van der Waals surface area contributed by atoms with Crippen molar-refractivity contribution in [1.82, 2.24) is 9.88 Å². The first-order chi connectivity index (χ1) is 13.5. The standard InChI is InChI=1S/C22H27F2N3O/c1-2-15-4-7-20(25-22(15)28)16-3-6-18(13-16)26-9-11-27(12-10-26)21-8-5-17(23)14-19(21)24/h4-5,7-8,14,16,18H,2-3,6,9-13H2,1H3,(H,25,28)/t16-,18-/m1/s1. The Kier molecular flexibility index (Phi) is 5.49. The summed E-state index contributed by atoms with van der Waals surface area (Å²) in [5, 5.41) is 0. The highest BCUT2D eigenvalue weighted by Gasteiger charge is 2.32. The smallest absolute Gasteiger partial charge is 0.251 e. The van der Waals surface area contributed by atoms with Crippen LogP contribution in [0.4, 0.5) is 14.5 Å². The number of aryl methyl sites for hydroxylation is 1. The van der Waals surface area contributed by atoms with E-state index in [0.29, 0.717) is 17.6 Å². The van der Waals surface area contributed by atoms with Crippen LogP contribution in [0.2, 0.25) is 0 Å². The van der Waals surface area contributed by atoms with Crippen LogP contribution < -0.4 is 10.5 Å². The van der Waals surface area contributed by atoms with Gasteiger partial charge in [0.15, 0.2) is 0 Å². The number of pyridine rings is 1. The summed E-state index contributed by atoms with van der Waals surface area (Å²) in [6.07, 6.45) is 4.00. The molecule has 2 atom stereocenters. The first-order valence-electron chi connectivity index (χ1n) is 10.2. The van der Waals surface area contributed by atoms with Gasteiger partial charge in [0.1, 0.15) is 11.6 Å². The Morgan fingerprint density at radius 3 is 2.54 bits per heavy atom. The Hall–Kier alpha value is -2.21. The average molecular weight is 387 g/mol. The van der Waals surface area contributed by atoms with Crippen LogP contribution in [0.5, 0.6) is 0 Å². The largest absolute Gasteiger partial charge is 0.367 e. The maximum Gasteiger partial charge on any atom is 0.251 e. The van der Waals surface area contributed by atoms with Crippen LogP contribution in [0.15, 0.2) is 35.1 Å². The van der Waals surface area contributed by atoms with Crippen LogP contribution in [-0.4, -0.2) is 42.1 Å². The molecule has 1 aliphatic heterocycles. The lowest BCUT2D eigenvalue weighted by Gasteiger charge is -2.39. The quantitative estimate of drug-likeness (QED) is 0.870. The van der Waals surface area contributed by atoms with Crippen molar-refractivity contribution in [1.29, 1.82) is 0 Å². The molecular weight excluding hydrogens is 360 g/mol. The van der Waals surface area contributed by atoms with Gasteiger partial charge in [0.2, 0.25) is 0 Å². The lowest BCUT2D eigenvalue weighted by Crippen LogP contribution is -2.50. The van der Waals surface area contributed by atoms with E-state index in [2.05, 4.69) is 16.0 Å². The fraction of sp³-hybridized carbons (Fsp3) is 0.500. The van der Waals surface area contributed by atoms with Crippen LogP contribution in [0.3, 0.4) is 0 Å². The molecule has 2 aliphatic rings. The van der Waals surface area contributed by atoms with E-state index in [1.165, 1.54) is 12.1 Å². The summed E-state index contributed by atoms with van der Waals surface area (Å²) in [5.41, 5.74) is 2.41. The van der Waals surface area contributed by atoms with E-state index < -0.39 is 11.6 Å². The SMILES string of the molecule is CCc1ccc([C@@H]2CC[C@@H](N3CCN(c4ccc(F)cc4F)CC3)C2)[nH]c1=O. The predicted molar refractivity (Wildman–Crippen MR) is 107 cm³/mol. The van der Waals surface area contributed by atoms with E-state index >= 15 is 0 Å². The van der Waals surface area contributed by atoms with Crippen molar-refractivity contribution in [2.45, 2.75) is 44.6 Å². The minimum absolute atomic E-state index is 0.0402. The maximum absolute atomic E-state index is 14.0. The first kappa shape index (κ1) is 19.1. The summed E-state index contributed by atoms with van der Waals surface area (Å²) in [6, 6.07) is 8.33. The minimum Gasteiger partial charge on any atom is -0.367 e.